The van der Waals surface area contributed by atoms with Crippen LogP contribution in [0.25, 0.3) is 0 Å². The molecule has 0 bridgehead atoms. The SMILES string of the molecule is CCNC(=NCCc1csc(C)n1)NCCc1ccc(OC)cc1.I. The normalized spacial score (nSPS) is 10.9. The topological polar surface area (TPSA) is 58.5 Å². The maximum atomic E-state index is 5.18. The number of rotatable bonds is 8. The van der Waals surface area contributed by atoms with Crippen molar-refractivity contribution < 1.29 is 4.74 Å². The zero-order chi connectivity index (χ0) is 17.2. The summed E-state index contributed by atoms with van der Waals surface area (Å²) in [6.07, 6.45) is 1.82. The van der Waals surface area contributed by atoms with Crippen LogP contribution in [-0.2, 0) is 12.8 Å². The number of thiazole rings is 1. The lowest BCUT2D eigenvalue weighted by Crippen LogP contribution is -2.38. The van der Waals surface area contributed by atoms with E-state index in [-0.39, 0.29) is 24.0 Å². The molecular formula is C18H27IN4OS. The first kappa shape index (κ1) is 21.7. The van der Waals surface area contributed by atoms with Gasteiger partial charge in [-0.3, -0.25) is 4.99 Å². The van der Waals surface area contributed by atoms with Crippen LogP contribution in [-0.4, -0.2) is 37.7 Å². The van der Waals surface area contributed by atoms with Crippen LogP contribution in [0.4, 0.5) is 0 Å². The average molecular weight is 474 g/mol. The molecule has 0 aliphatic heterocycles. The van der Waals surface area contributed by atoms with Gasteiger partial charge in [0.05, 0.1) is 17.8 Å². The minimum absolute atomic E-state index is 0. The Hall–Kier alpha value is -1.35. The maximum Gasteiger partial charge on any atom is 0.191 e. The molecule has 1 heterocycles. The zero-order valence-corrected chi connectivity index (χ0v) is 18.2. The molecule has 25 heavy (non-hydrogen) atoms. The minimum atomic E-state index is 0. The molecule has 2 aromatic rings. The van der Waals surface area contributed by atoms with Gasteiger partial charge in [0.2, 0.25) is 0 Å². The summed E-state index contributed by atoms with van der Waals surface area (Å²) in [5.41, 5.74) is 2.40. The highest BCUT2D eigenvalue weighted by atomic mass is 127. The van der Waals surface area contributed by atoms with Gasteiger partial charge in [-0.05, 0) is 38.0 Å². The van der Waals surface area contributed by atoms with Crippen LogP contribution in [0.3, 0.4) is 0 Å². The van der Waals surface area contributed by atoms with Gasteiger partial charge in [0, 0.05) is 31.4 Å². The van der Waals surface area contributed by atoms with Gasteiger partial charge in [-0.15, -0.1) is 35.3 Å². The molecule has 1 aromatic carbocycles. The second-order valence-corrected chi connectivity index (χ2v) is 6.46. The van der Waals surface area contributed by atoms with E-state index < -0.39 is 0 Å². The predicted octanol–water partition coefficient (Wildman–Crippen LogP) is 3.42. The quantitative estimate of drug-likeness (QED) is 0.350. The zero-order valence-electron chi connectivity index (χ0n) is 15.0. The van der Waals surface area contributed by atoms with Crippen molar-refractivity contribution >= 4 is 41.3 Å². The van der Waals surface area contributed by atoms with Crippen LogP contribution in [0.1, 0.15) is 23.2 Å². The Morgan fingerprint density at radius 2 is 1.96 bits per heavy atom. The largest absolute Gasteiger partial charge is 0.497 e. The van der Waals surface area contributed by atoms with Crippen molar-refractivity contribution in [2.45, 2.75) is 26.7 Å². The molecule has 0 amide bonds. The van der Waals surface area contributed by atoms with E-state index in [1.807, 2.05) is 19.1 Å². The fourth-order valence-corrected chi connectivity index (χ4v) is 2.91. The van der Waals surface area contributed by atoms with E-state index in [2.05, 4.69) is 45.0 Å². The van der Waals surface area contributed by atoms with Gasteiger partial charge in [-0.25, -0.2) is 4.98 Å². The molecule has 0 atom stereocenters. The number of nitrogens with zero attached hydrogens (tertiary/aromatic N) is 2. The summed E-state index contributed by atoms with van der Waals surface area (Å²) in [5.74, 6) is 1.75. The van der Waals surface area contributed by atoms with Crippen molar-refractivity contribution in [2.75, 3.05) is 26.7 Å². The Bertz CT molecular complexity index is 643. The van der Waals surface area contributed by atoms with E-state index in [1.165, 1.54) is 5.56 Å². The second kappa shape index (κ2) is 12.1. The van der Waals surface area contributed by atoms with Crippen molar-refractivity contribution in [1.82, 2.24) is 15.6 Å². The molecule has 2 N–H and O–H groups in total. The third-order valence-electron chi connectivity index (χ3n) is 3.51. The lowest BCUT2D eigenvalue weighted by Gasteiger charge is -2.11. The molecule has 2 rings (SSSR count). The summed E-state index contributed by atoms with van der Waals surface area (Å²) in [6.45, 7) is 6.53. The van der Waals surface area contributed by atoms with Gasteiger partial charge >= 0.3 is 0 Å². The number of halogens is 1. The van der Waals surface area contributed by atoms with E-state index in [9.17, 15) is 0 Å². The van der Waals surface area contributed by atoms with Crippen molar-refractivity contribution in [3.05, 3.63) is 45.9 Å². The number of guanidine groups is 1. The summed E-state index contributed by atoms with van der Waals surface area (Å²) in [6, 6.07) is 8.17. The van der Waals surface area contributed by atoms with Gasteiger partial charge in [0.15, 0.2) is 5.96 Å². The van der Waals surface area contributed by atoms with E-state index in [0.717, 1.165) is 54.9 Å². The highest BCUT2D eigenvalue weighted by molar-refractivity contribution is 14.0. The standard InChI is InChI=1S/C18H26N4OS.HI/c1-4-19-18(21-12-10-16-13-24-14(2)22-16)20-11-9-15-5-7-17(23-3)8-6-15;/h5-8,13H,4,9-12H2,1-3H3,(H2,19,20,21);1H. The first-order valence-corrected chi connectivity index (χ1v) is 9.15. The number of ether oxygens (including phenoxy) is 1. The smallest absolute Gasteiger partial charge is 0.191 e. The number of methoxy groups -OCH3 is 1. The number of aliphatic imine (C=N–C) groups is 1. The molecule has 0 saturated carbocycles. The van der Waals surface area contributed by atoms with E-state index in [4.69, 9.17) is 4.74 Å². The number of nitrogens with one attached hydrogen (secondary N) is 2. The summed E-state index contributed by atoms with van der Waals surface area (Å²) in [4.78, 5) is 9.08. The van der Waals surface area contributed by atoms with E-state index in [1.54, 1.807) is 18.4 Å². The molecule has 7 heteroatoms. The summed E-state index contributed by atoms with van der Waals surface area (Å²) in [7, 11) is 1.68. The fourth-order valence-electron chi connectivity index (χ4n) is 2.26. The third-order valence-corrected chi connectivity index (χ3v) is 4.34. The van der Waals surface area contributed by atoms with Crippen molar-refractivity contribution in [3.63, 3.8) is 0 Å². The second-order valence-electron chi connectivity index (χ2n) is 5.39. The van der Waals surface area contributed by atoms with Gasteiger partial charge in [0.1, 0.15) is 5.75 Å². The lowest BCUT2D eigenvalue weighted by atomic mass is 10.1. The predicted molar refractivity (Wildman–Crippen MR) is 117 cm³/mol. The first-order valence-electron chi connectivity index (χ1n) is 8.27. The van der Waals surface area contributed by atoms with E-state index in [0.29, 0.717) is 0 Å². The Labute approximate surface area is 171 Å². The summed E-state index contributed by atoms with van der Waals surface area (Å²) >= 11 is 1.69. The average Bonchev–Trinajstić information content (AvgIpc) is 3.01. The number of benzene rings is 1. The maximum absolute atomic E-state index is 5.18. The Morgan fingerprint density at radius 3 is 2.56 bits per heavy atom. The van der Waals surface area contributed by atoms with Crippen LogP contribution in [0.2, 0.25) is 0 Å². The number of hydrogen-bond acceptors (Lipinski definition) is 4. The summed E-state index contributed by atoms with van der Waals surface area (Å²) < 4.78 is 5.18. The number of hydrogen-bond donors (Lipinski definition) is 2. The van der Waals surface area contributed by atoms with Gasteiger partial charge in [0.25, 0.3) is 0 Å². The molecule has 0 aliphatic rings. The molecule has 5 nitrogen and oxygen atoms in total. The van der Waals surface area contributed by atoms with Crippen LogP contribution in [0.15, 0.2) is 34.6 Å². The first-order chi connectivity index (χ1) is 11.7. The van der Waals surface area contributed by atoms with Crippen molar-refractivity contribution in [2.24, 2.45) is 4.99 Å². The molecular weight excluding hydrogens is 447 g/mol. The van der Waals surface area contributed by atoms with E-state index >= 15 is 0 Å². The monoisotopic (exact) mass is 474 g/mol. The Morgan fingerprint density at radius 1 is 1.20 bits per heavy atom. The fraction of sp³-hybridized carbons (Fsp3) is 0.444. The molecule has 0 saturated heterocycles. The Kier molecular flexibility index (Phi) is 10.5. The van der Waals surface area contributed by atoms with Crippen LogP contribution in [0.5, 0.6) is 5.75 Å². The highest BCUT2D eigenvalue weighted by Gasteiger charge is 2.00. The number of aryl methyl sites for hydroxylation is 1. The van der Waals surface area contributed by atoms with Crippen LogP contribution < -0.4 is 15.4 Å². The molecule has 1 aromatic heterocycles. The van der Waals surface area contributed by atoms with Crippen molar-refractivity contribution in [3.8, 4) is 5.75 Å². The van der Waals surface area contributed by atoms with Crippen molar-refractivity contribution in [1.29, 1.82) is 0 Å². The Balaban J connectivity index is 0.00000312. The molecule has 0 fully saturated rings. The van der Waals surface area contributed by atoms with Crippen LogP contribution in [0, 0.1) is 6.92 Å². The third kappa shape index (κ3) is 8.04. The lowest BCUT2D eigenvalue weighted by molar-refractivity contribution is 0.414. The van der Waals surface area contributed by atoms with Gasteiger partial charge in [-0.2, -0.15) is 0 Å². The molecule has 0 radical (unpaired) electrons. The van der Waals surface area contributed by atoms with Gasteiger partial charge < -0.3 is 15.4 Å². The molecule has 0 spiro atoms. The highest BCUT2D eigenvalue weighted by Crippen LogP contribution is 2.11. The molecule has 138 valence electrons. The van der Waals surface area contributed by atoms with Crippen LogP contribution >= 0.6 is 35.3 Å². The molecule has 0 unspecified atom stereocenters. The summed E-state index contributed by atoms with van der Waals surface area (Å²) in [5, 5.41) is 9.87. The minimum Gasteiger partial charge on any atom is -0.497 e. The number of aromatic nitrogens is 1. The van der Waals surface area contributed by atoms with Gasteiger partial charge in [-0.1, -0.05) is 12.1 Å². The molecule has 0 aliphatic carbocycles.